The van der Waals surface area contributed by atoms with E-state index >= 15 is 0 Å². The second-order valence-corrected chi connectivity index (χ2v) is 4.51. The van der Waals surface area contributed by atoms with E-state index in [0.717, 1.165) is 13.2 Å². The lowest BCUT2D eigenvalue weighted by Gasteiger charge is -2.21. The SMILES string of the molecule is CCCC(C)NCC(C)OC(C)COCC. The molecule has 3 atom stereocenters. The summed E-state index contributed by atoms with van der Waals surface area (Å²) in [4.78, 5) is 0. The van der Waals surface area contributed by atoms with Crippen LogP contribution in [0.4, 0.5) is 0 Å². The van der Waals surface area contributed by atoms with Crippen LogP contribution in [0.15, 0.2) is 0 Å². The standard InChI is InChI=1S/C13H29NO2/c1-6-8-11(3)14-9-12(4)16-13(5)10-15-7-2/h11-14H,6-10H2,1-5H3. The van der Waals surface area contributed by atoms with Gasteiger partial charge in [-0.1, -0.05) is 13.3 Å². The lowest BCUT2D eigenvalue weighted by Crippen LogP contribution is -2.35. The van der Waals surface area contributed by atoms with Gasteiger partial charge < -0.3 is 14.8 Å². The molecule has 0 aromatic carbocycles. The lowest BCUT2D eigenvalue weighted by molar-refractivity contribution is -0.0390. The van der Waals surface area contributed by atoms with Crippen LogP contribution in [0.5, 0.6) is 0 Å². The number of rotatable bonds is 10. The monoisotopic (exact) mass is 231 g/mol. The van der Waals surface area contributed by atoms with Crippen molar-refractivity contribution in [3.05, 3.63) is 0 Å². The highest BCUT2D eigenvalue weighted by molar-refractivity contribution is 4.64. The summed E-state index contributed by atoms with van der Waals surface area (Å²) in [5.41, 5.74) is 0. The van der Waals surface area contributed by atoms with Crippen LogP contribution in [0.1, 0.15) is 47.5 Å². The van der Waals surface area contributed by atoms with Crippen molar-refractivity contribution in [2.45, 2.75) is 65.7 Å². The molecule has 0 amide bonds. The molecular weight excluding hydrogens is 202 g/mol. The first-order valence-electron chi connectivity index (χ1n) is 6.56. The van der Waals surface area contributed by atoms with Crippen LogP contribution >= 0.6 is 0 Å². The van der Waals surface area contributed by atoms with Gasteiger partial charge in [0.15, 0.2) is 0 Å². The van der Waals surface area contributed by atoms with E-state index in [1.54, 1.807) is 0 Å². The minimum atomic E-state index is 0.179. The Morgan fingerprint density at radius 1 is 1.06 bits per heavy atom. The maximum Gasteiger partial charge on any atom is 0.0784 e. The number of hydrogen-bond acceptors (Lipinski definition) is 3. The summed E-state index contributed by atoms with van der Waals surface area (Å²) in [5, 5.41) is 3.48. The van der Waals surface area contributed by atoms with Gasteiger partial charge in [0.2, 0.25) is 0 Å². The van der Waals surface area contributed by atoms with Crippen LogP contribution in [-0.2, 0) is 9.47 Å². The summed E-state index contributed by atoms with van der Waals surface area (Å²) in [6.07, 6.45) is 2.87. The lowest BCUT2D eigenvalue weighted by atomic mass is 10.2. The van der Waals surface area contributed by atoms with E-state index in [1.807, 2.05) is 6.92 Å². The molecule has 0 heterocycles. The van der Waals surface area contributed by atoms with Gasteiger partial charge in [-0.15, -0.1) is 0 Å². The molecule has 98 valence electrons. The van der Waals surface area contributed by atoms with E-state index in [2.05, 4.69) is 33.0 Å². The first kappa shape index (κ1) is 15.9. The molecule has 1 N–H and O–H groups in total. The second kappa shape index (κ2) is 10.1. The third-order valence-electron chi connectivity index (χ3n) is 2.50. The van der Waals surface area contributed by atoms with Crippen LogP contribution in [0, 0.1) is 0 Å². The molecule has 16 heavy (non-hydrogen) atoms. The van der Waals surface area contributed by atoms with Gasteiger partial charge in [0, 0.05) is 19.2 Å². The van der Waals surface area contributed by atoms with Gasteiger partial charge in [-0.2, -0.15) is 0 Å². The molecule has 0 aliphatic heterocycles. The molecule has 0 aliphatic carbocycles. The number of ether oxygens (including phenoxy) is 2. The molecule has 0 spiro atoms. The molecule has 0 saturated heterocycles. The maximum absolute atomic E-state index is 5.79. The largest absolute Gasteiger partial charge is 0.379 e. The predicted octanol–water partition coefficient (Wildman–Crippen LogP) is 2.59. The molecule has 0 aromatic heterocycles. The topological polar surface area (TPSA) is 30.5 Å². The van der Waals surface area contributed by atoms with E-state index in [0.29, 0.717) is 12.6 Å². The van der Waals surface area contributed by atoms with Gasteiger partial charge in [-0.25, -0.2) is 0 Å². The summed E-state index contributed by atoms with van der Waals surface area (Å²) in [6, 6.07) is 0.582. The quantitative estimate of drug-likeness (QED) is 0.627. The van der Waals surface area contributed by atoms with Gasteiger partial charge in [0.1, 0.15) is 0 Å². The van der Waals surface area contributed by atoms with Crippen LogP contribution in [-0.4, -0.2) is 38.0 Å². The summed E-state index contributed by atoms with van der Waals surface area (Å²) < 4.78 is 11.1. The van der Waals surface area contributed by atoms with Gasteiger partial charge in [-0.05, 0) is 34.1 Å². The van der Waals surface area contributed by atoms with Crippen molar-refractivity contribution in [3.63, 3.8) is 0 Å². The minimum Gasteiger partial charge on any atom is -0.379 e. The molecule has 0 radical (unpaired) electrons. The van der Waals surface area contributed by atoms with E-state index < -0.39 is 0 Å². The van der Waals surface area contributed by atoms with Crippen molar-refractivity contribution in [2.75, 3.05) is 19.8 Å². The van der Waals surface area contributed by atoms with E-state index in [9.17, 15) is 0 Å². The first-order valence-corrected chi connectivity index (χ1v) is 6.56. The van der Waals surface area contributed by atoms with Crippen molar-refractivity contribution < 1.29 is 9.47 Å². The fraction of sp³-hybridized carbons (Fsp3) is 1.00. The highest BCUT2D eigenvalue weighted by Gasteiger charge is 2.09. The Labute approximate surface area is 101 Å². The Hall–Kier alpha value is -0.120. The fourth-order valence-electron chi connectivity index (χ4n) is 1.67. The Morgan fingerprint density at radius 3 is 2.31 bits per heavy atom. The van der Waals surface area contributed by atoms with Gasteiger partial charge in [0.25, 0.3) is 0 Å². The molecule has 0 aromatic rings. The van der Waals surface area contributed by atoms with Crippen molar-refractivity contribution in [3.8, 4) is 0 Å². The molecular formula is C13H29NO2. The van der Waals surface area contributed by atoms with E-state index in [4.69, 9.17) is 9.47 Å². The molecule has 3 nitrogen and oxygen atoms in total. The molecule has 3 unspecified atom stereocenters. The summed E-state index contributed by atoms with van der Waals surface area (Å²) >= 11 is 0. The molecule has 0 bridgehead atoms. The molecule has 0 aliphatic rings. The van der Waals surface area contributed by atoms with Crippen LogP contribution in [0.2, 0.25) is 0 Å². The Kier molecular flexibility index (Phi) is 9.99. The van der Waals surface area contributed by atoms with Crippen molar-refractivity contribution in [1.82, 2.24) is 5.32 Å². The van der Waals surface area contributed by atoms with Crippen LogP contribution in [0.25, 0.3) is 0 Å². The maximum atomic E-state index is 5.79. The highest BCUT2D eigenvalue weighted by atomic mass is 16.5. The zero-order chi connectivity index (χ0) is 12.4. The average Bonchev–Trinajstić information content (AvgIpc) is 2.24. The van der Waals surface area contributed by atoms with Gasteiger partial charge in [-0.3, -0.25) is 0 Å². The number of hydrogen-bond donors (Lipinski definition) is 1. The Balaban J connectivity index is 3.52. The van der Waals surface area contributed by atoms with E-state index in [1.165, 1.54) is 12.8 Å². The molecule has 0 saturated carbocycles. The average molecular weight is 231 g/mol. The Morgan fingerprint density at radius 2 is 1.75 bits per heavy atom. The zero-order valence-corrected chi connectivity index (χ0v) is 11.6. The summed E-state index contributed by atoms with van der Waals surface area (Å²) in [6.45, 7) is 13.0. The van der Waals surface area contributed by atoms with Gasteiger partial charge >= 0.3 is 0 Å². The van der Waals surface area contributed by atoms with Crippen LogP contribution < -0.4 is 5.32 Å². The smallest absolute Gasteiger partial charge is 0.0784 e. The van der Waals surface area contributed by atoms with E-state index in [-0.39, 0.29) is 12.2 Å². The molecule has 3 heteroatoms. The Bertz CT molecular complexity index is 153. The molecule has 0 rings (SSSR count). The van der Waals surface area contributed by atoms with Crippen LogP contribution in [0.3, 0.4) is 0 Å². The third kappa shape index (κ3) is 9.13. The normalized spacial score (nSPS) is 17.1. The fourth-order valence-corrected chi connectivity index (χ4v) is 1.67. The van der Waals surface area contributed by atoms with Crippen molar-refractivity contribution >= 4 is 0 Å². The summed E-state index contributed by atoms with van der Waals surface area (Å²) in [5.74, 6) is 0. The number of nitrogens with one attached hydrogen (secondary N) is 1. The first-order chi connectivity index (χ1) is 7.60. The predicted molar refractivity (Wildman–Crippen MR) is 68.9 cm³/mol. The minimum absolute atomic E-state index is 0.179. The molecule has 0 fully saturated rings. The second-order valence-electron chi connectivity index (χ2n) is 4.51. The summed E-state index contributed by atoms with van der Waals surface area (Å²) in [7, 11) is 0. The van der Waals surface area contributed by atoms with Gasteiger partial charge in [0.05, 0.1) is 18.8 Å². The third-order valence-corrected chi connectivity index (χ3v) is 2.50. The van der Waals surface area contributed by atoms with Crippen molar-refractivity contribution in [1.29, 1.82) is 0 Å². The highest BCUT2D eigenvalue weighted by Crippen LogP contribution is 2.00. The zero-order valence-electron chi connectivity index (χ0n) is 11.6. The van der Waals surface area contributed by atoms with Crippen molar-refractivity contribution in [2.24, 2.45) is 0 Å².